The van der Waals surface area contributed by atoms with Crippen molar-refractivity contribution >= 4 is 80.8 Å². The zero-order valence-corrected chi connectivity index (χ0v) is 26.3. The molecule has 9 aromatic rings. The summed E-state index contributed by atoms with van der Waals surface area (Å²) < 4.78 is 7.66. The number of hydrogen-bond acceptors (Lipinski definition) is 1. The van der Waals surface area contributed by atoms with Crippen molar-refractivity contribution < 1.29 is 0 Å². The van der Waals surface area contributed by atoms with Crippen LogP contribution in [0.25, 0.3) is 75.2 Å². The maximum Gasteiger partial charge on any atom is 0.0562 e. The third kappa shape index (κ3) is 3.64. The minimum Gasteiger partial charge on any atom is -0.313 e. The molecule has 0 fully saturated rings. The van der Waals surface area contributed by atoms with Crippen LogP contribution in [0.3, 0.4) is 0 Å². The van der Waals surface area contributed by atoms with Crippen molar-refractivity contribution in [3.05, 3.63) is 157 Å². The van der Waals surface area contributed by atoms with Gasteiger partial charge in [0.2, 0.25) is 0 Å². The van der Waals surface area contributed by atoms with Gasteiger partial charge in [0.15, 0.2) is 0 Å². The smallest absolute Gasteiger partial charge is 0.0562 e. The van der Waals surface area contributed by atoms with Gasteiger partial charge in [-0.2, -0.15) is 0 Å². The molecule has 0 aliphatic heterocycles. The molecule has 1 atom stereocenters. The van der Waals surface area contributed by atoms with E-state index in [1.807, 2.05) is 11.3 Å². The first-order valence-corrected chi connectivity index (χ1v) is 16.8. The van der Waals surface area contributed by atoms with Gasteiger partial charge in [-0.05, 0) is 60.2 Å². The third-order valence-electron chi connectivity index (χ3n) is 10.1. The van der Waals surface area contributed by atoms with Crippen LogP contribution in [0.5, 0.6) is 0 Å². The van der Waals surface area contributed by atoms with Crippen LogP contribution in [0.4, 0.5) is 0 Å². The molecule has 1 aliphatic rings. The van der Waals surface area contributed by atoms with E-state index in [0.29, 0.717) is 0 Å². The lowest BCUT2D eigenvalue weighted by molar-refractivity contribution is 0.599. The summed E-state index contributed by atoms with van der Waals surface area (Å²) in [6.45, 7) is 2.37. The zero-order chi connectivity index (χ0) is 30.4. The highest BCUT2D eigenvalue weighted by atomic mass is 32.1. The van der Waals surface area contributed by atoms with Crippen LogP contribution < -0.4 is 0 Å². The largest absolute Gasteiger partial charge is 0.313 e. The number of hydrogen-bond donors (Lipinski definition) is 0. The molecule has 0 radical (unpaired) electrons. The second kappa shape index (κ2) is 9.56. The standard InChI is InChI=1S/C43H30N2S/c1-43(28-13-4-2-5-14-28)22-12-17-30(27-43)45-39-25-38-33(31-18-8-10-20-37(31)44(38)29-15-6-3-7-16-29)23-34(39)35-24-36-32-19-9-11-21-41(32)46-42(36)26-40(35)45/h2-26H,27H2,1H3. The highest BCUT2D eigenvalue weighted by Crippen LogP contribution is 2.45. The van der Waals surface area contributed by atoms with Crippen molar-refractivity contribution in [2.24, 2.45) is 0 Å². The molecule has 3 heteroatoms. The van der Waals surface area contributed by atoms with E-state index in [9.17, 15) is 0 Å². The monoisotopic (exact) mass is 606 g/mol. The molecule has 3 heterocycles. The molecule has 0 amide bonds. The highest BCUT2D eigenvalue weighted by Gasteiger charge is 2.29. The molecule has 1 unspecified atom stereocenters. The Labute approximate surface area is 270 Å². The maximum absolute atomic E-state index is 2.56. The molecule has 46 heavy (non-hydrogen) atoms. The molecular weight excluding hydrogens is 577 g/mol. The lowest BCUT2D eigenvalue weighted by atomic mass is 9.76. The van der Waals surface area contributed by atoms with Crippen LogP contribution in [0, 0.1) is 0 Å². The van der Waals surface area contributed by atoms with Crippen LogP contribution in [0.15, 0.2) is 152 Å². The zero-order valence-electron chi connectivity index (χ0n) is 25.4. The SMILES string of the molecule is CC1(c2ccccc2)C=CC=C(n2c3cc4sc5ccccc5c4cc3c3cc4c5ccccc5n(-c5ccccc5)c4cc32)C1. The number of rotatable bonds is 3. The average Bonchev–Trinajstić information content (AvgIpc) is 3.74. The molecule has 2 nitrogen and oxygen atoms in total. The van der Waals surface area contributed by atoms with E-state index in [2.05, 4.69) is 168 Å². The maximum atomic E-state index is 2.56. The third-order valence-corrected chi connectivity index (χ3v) is 11.2. The molecule has 0 saturated heterocycles. The first-order valence-electron chi connectivity index (χ1n) is 16.0. The van der Waals surface area contributed by atoms with Crippen molar-refractivity contribution in [3.8, 4) is 5.69 Å². The van der Waals surface area contributed by atoms with E-state index in [4.69, 9.17) is 0 Å². The Morgan fingerprint density at radius 2 is 1.15 bits per heavy atom. The van der Waals surface area contributed by atoms with Crippen molar-refractivity contribution in [3.63, 3.8) is 0 Å². The molecular formula is C43H30N2S. The number of thiophene rings is 1. The van der Waals surface area contributed by atoms with Gasteiger partial charge in [0.25, 0.3) is 0 Å². The fourth-order valence-electron chi connectivity index (χ4n) is 7.90. The lowest BCUT2D eigenvalue weighted by Crippen LogP contribution is -2.22. The van der Waals surface area contributed by atoms with Gasteiger partial charge in [-0.3, -0.25) is 0 Å². The predicted molar refractivity (Wildman–Crippen MR) is 198 cm³/mol. The summed E-state index contributed by atoms with van der Waals surface area (Å²) in [4.78, 5) is 0. The van der Waals surface area contributed by atoms with E-state index in [1.54, 1.807) is 0 Å². The number of allylic oxidation sites excluding steroid dienone is 4. The number of aromatic nitrogens is 2. The first-order chi connectivity index (χ1) is 22.7. The Bertz CT molecular complexity index is 2720. The van der Waals surface area contributed by atoms with Crippen molar-refractivity contribution in [2.75, 3.05) is 0 Å². The minimum atomic E-state index is -0.0982. The first kappa shape index (κ1) is 25.9. The van der Waals surface area contributed by atoms with Crippen LogP contribution in [-0.4, -0.2) is 9.13 Å². The molecule has 0 spiro atoms. The van der Waals surface area contributed by atoms with Gasteiger partial charge in [0, 0.05) is 64.9 Å². The van der Waals surface area contributed by atoms with Crippen LogP contribution in [0.1, 0.15) is 18.9 Å². The molecule has 0 bridgehead atoms. The van der Waals surface area contributed by atoms with E-state index < -0.39 is 0 Å². The van der Waals surface area contributed by atoms with Crippen molar-refractivity contribution in [2.45, 2.75) is 18.8 Å². The van der Waals surface area contributed by atoms with Gasteiger partial charge in [-0.15, -0.1) is 11.3 Å². The van der Waals surface area contributed by atoms with E-state index >= 15 is 0 Å². The topological polar surface area (TPSA) is 9.86 Å². The predicted octanol–water partition coefficient (Wildman–Crippen LogP) is 12.0. The molecule has 6 aromatic carbocycles. The number of fused-ring (bicyclic) bond motifs is 9. The number of benzene rings is 6. The number of para-hydroxylation sites is 2. The Balaban J connectivity index is 1.33. The lowest BCUT2D eigenvalue weighted by Gasteiger charge is -2.31. The molecule has 10 rings (SSSR count). The summed E-state index contributed by atoms with van der Waals surface area (Å²) in [7, 11) is 0. The van der Waals surface area contributed by atoms with E-state index in [-0.39, 0.29) is 5.41 Å². The second-order valence-corrected chi connectivity index (χ2v) is 13.9. The minimum absolute atomic E-state index is 0.0982. The Kier molecular flexibility index (Phi) is 5.38. The molecule has 1 aliphatic carbocycles. The van der Waals surface area contributed by atoms with Crippen molar-refractivity contribution in [1.29, 1.82) is 0 Å². The van der Waals surface area contributed by atoms with E-state index in [0.717, 1.165) is 6.42 Å². The summed E-state index contributed by atoms with van der Waals surface area (Å²) >= 11 is 1.89. The fourth-order valence-corrected chi connectivity index (χ4v) is 9.02. The summed E-state index contributed by atoms with van der Waals surface area (Å²) in [5.74, 6) is 0. The van der Waals surface area contributed by atoms with Gasteiger partial charge in [-0.25, -0.2) is 0 Å². The Morgan fingerprint density at radius 3 is 1.98 bits per heavy atom. The molecule has 0 saturated carbocycles. The molecule has 0 N–H and O–H groups in total. The van der Waals surface area contributed by atoms with Gasteiger partial charge in [0.05, 0.1) is 22.1 Å². The summed E-state index contributed by atoms with van der Waals surface area (Å²) in [6.07, 6.45) is 7.88. The average molecular weight is 607 g/mol. The summed E-state index contributed by atoms with van der Waals surface area (Å²) in [5, 5.41) is 7.85. The highest BCUT2D eigenvalue weighted by molar-refractivity contribution is 7.25. The second-order valence-electron chi connectivity index (χ2n) is 12.9. The fraction of sp³-hybridized carbons (Fsp3) is 0.0698. The van der Waals surface area contributed by atoms with E-state index in [1.165, 1.54) is 80.7 Å². The van der Waals surface area contributed by atoms with Crippen LogP contribution in [0.2, 0.25) is 0 Å². The van der Waals surface area contributed by atoms with Crippen molar-refractivity contribution in [1.82, 2.24) is 9.13 Å². The van der Waals surface area contributed by atoms with Crippen LogP contribution in [-0.2, 0) is 5.41 Å². The summed E-state index contributed by atoms with van der Waals surface area (Å²) in [6, 6.07) is 49.2. The Morgan fingerprint density at radius 1 is 0.522 bits per heavy atom. The summed E-state index contributed by atoms with van der Waals surface area (Å²) in [5.41, 5.74) is 8.73. The van der Waals surface area contributed by atoms with Gasteiger partial charge in [-0.1, -0.05) is 104 Å². The van der Waals surface area contributed by atoms with Gasteiger partial charge in [0.1, 0.15) is 0 Å². The Hall–Kier alpha value is -5.38. The van der Waals surface area contributed by atoms with Gasteiger partial charge >= 0.3 is 0 Å². The van der Waals surface area contributed by atoms with Crippen LogP contribution >= 0.6 is 11.3 Å². The number of nitrogens with zero attached hydrogens (tertiary/aromatic N) is 2. The quantitative estimate of drug-likeness (QED) is 0.189. The molecule has 3 aromatic heterocycles. The normalized spacial score (nSPS) is 16.8. The molecule has 218 valence electrons. The van der Waals surface area contributed by atoms with Gasteiger partial charge < -0.3 is 9.13 Å².